The summed E-state index contributed by atoms with van der Waals surface area (Å²) in [4.78, 5) is 3.92. The first-order valence-corrected chi connectivity index (χ1v) is 7.17. The van der Waals surface area contributed by atoms with Gasteiger partial charge in [0, 0.05) is 12.5 Å². The summed E-state index contributed by atoms with van der Waals surface area (Å²) in [5.74, 6) is 2.46. The maximum atomic E-state index is 11.9. The van der Waals surface area contributed by atoms with Gasteiger partial charge in [-0.2, -0.15) is 0 Å². The first-order chi connectivity index (χ1) is 7.49. The second-order valence-corrected chi connectivity index (χ2v) is 6.51. The quantitative estimate of drug-likeness (QED) is 0.815. The highest BCUT2D eigenvalue weighted by Gasteiger charge is 2.20. The van der Waals surface area contributed by atoms with Crippen molar-refractivity contribution in [3.63, 3.8) is 0 Å². The predicted molar refractivity (Wildman–Crippen MR) is 64.7 cm³/mol. The molecule has 16 heavy (non-hydrogen) atoms. The molecule has 0 radical (unpaired) electrons. The summed E-state index contributed by atoms with van der Waals surface area (Å²) in [5.41, 5.74) is 0. The van der Waals surface area contributed by atoms with Crippen LogP contribution in [0.25, 0.3) is 0 Å². The molecule has 0 aliphatic carbocycles. The van der Waals surface area contributed by atoms with E-state index in [0.29, 0.717) is 12.8 Å². The van der Waals surface area contributed by atoms with Gasteiger partial charge in [0.2, 0.25) is 0 Å². The lowest BCUT2D eigenvalue weighted by atomic mass is 10.2. The molecule has 0 fully saturated rings. The van der Waals surface area contributed by atoms with Gasteiger partial charge in [0.15, 0.2) is 4.21 Å². The highest BCUT2D eigenvalue weighted by Crippen LogP contribution is 2.18. The van der Waals surface area contributed by atoms with Crippen LogP contribution in [-0.2, 0) is 10.0 Å². The summed E-state index contributed by atoms with van der Waals surface area (Å²) in [6, 6.07) is -0.211. The highest BCUT2D eigenvalue weighted by molar-refractivity contribution is 7.91. The van der Waals surface area contributed by atoms with Crippen LogP contribution in [0.3, 0.4) is 0 Å². The maximum absolute atomic E-state index is 11.9. The second-order valence-electron chi connectivity index (χ2n) is 3.33. The van der Waals surface area contributed by atoms with Gasteiger partial charge in [-0.3, -0.25) is 0 Å². The zero-order chi connectivity index (χ0) is 12.2. The van der Waals surface area contributed by atoms with Gasteiger partial charge in [-0.05, 0) is 13.3 Å². The number of nitrogens with zero attached hydrogens (tertiary/aromatic N) is 1. The van der Waals surface area contributed by atoms with Crippen molar-refractivity contribution in [2.45, 2.75) is 36.9 Å². The van der Waals surface area contributed by atoms with E-state index >= 15 is 0 Å². The molecule has 1 aromatic heterocycles. The third-order valence-electron chi connectivity index (χ3n) is 2.04. The van der Waals surface area contributed by atoms with Crippen molar-refractivity contribution in [3.05, 3.63) is 11.2 Å². The minimum atomic E-state index is -3.46. The predicted octanol–water partition coefficient (Wildman–Crippen LogP) is 1.53. The van der Waals surface area contributed by atoms with E-state index in [1.54, 1.807) is 6.92 Å². The van der Waals surface area contributed by atoms with Gasteiger partial charge in [0.05, 0.1) is 11.2 Å². The van der Waals surface area contributed by atoms with Gasteiger partial charge >= 0.3 is 0 Å². The van der Waals surface area contributed by atoms with Gasteiger partial charge < -0.3 is 0 Å². The average molecular weight is 258 g/mol. The molecule has 0 saturated carbocycles. The normalized spacial score (nSPS) is 13.3. The van der Waals surface area contributed by atoms with Crippen molar-refractivity contribution in [1.29, 1.82) is 0 Å². The Kier molecular flexibility index (Phi) is 4.47. The molecule has 1 atom stereocenters. The molecule has 0 aromatic carbocycles. The van der Waals surface area contributed by atoms with Crippen LogP contribution in [0, 0.1) is 19.3 Å². The SMILES string of the molecule is C#CCC(CC)NS(=O)(=O)c1cnc(C)s1. The van der Waals surface area contributed by atoms with Crippen LogP contribution in [-0.4, -0.2) is 19.4 Å². The van der Waals surface area contributed by atoms with Crippen molar-refractivity contribution in [1.82, 2.24) is 9.71 Å². The lowest BCUT2D eigenvalue weighted by Gasteiger charge is -2.12. The van der Waals surface area contributed by atoms with Crippen molar-refractivity contribution >= 4 is 21.4 Å². The molecule has 0 aliphatic heterocycles. The zero-order valence-electron chi connectivity index (χ0n) is 9.23. The van der Waals surface area contributed by atoms with E-state index in [-0.39, 0.29) is 10.3 Å². The molecule has 6 heteroatoms. The smallest absolute Gasteiger partial charge is 0.249 e. The van der Waals surface area contributed by atoms with E-state index in [2.05, 4.69) is 15.6 Å². The topological polar surface area (TPSA) is 59.1 Å². The molecule has 4 nitrogen and oxygen atoms in total. The summed E-state index contributed by atoms with van der Waals surface area (Å²) in [6.45, 7) is 3.66. The highest BCUT2D eigenvalue weighted by atomic mass is 32.2. The Morgan fingerprint density at radius 2 is 2.38 bits per heavy atom. The first kappa shape index (κ1) is 13.2. The van der Waals surface area contributed by atoms with Crippen molar-refractivity contribution in [2.24, 2.45) is 0 Å². The minimum absolute atomic E-state index is 0.211. The molecule has 1 N–H and O–H groups in total. The fourth-order valence-corrected chi connectivity index (χ4v) is 3.60. The maximum Gasteiger partial charge on any atom is 0.251 e. The molecular weight excluding hydrogens is 244 g/mol. The molecule has 0 aliphatic rings. The van der Waals surface area contributed by atoms with E-state index in [4.69, 9.17) is 6.42 Å². The van der Waals surface area contributed by atoms with Crippen LogP contribution >= 0.6 is 11.3 Å². The van der Waals surface area contributed by atoms with Crippen LogP contribution < -0.4 is 4.72 Å². The van der Waals surface area contributed by atoms with Crippen LogP contribution in [0.5, 0.6) is 0 Å². The van der Waals surface area contributed by atoms with E-state index in [1.807, 2.05) is 6.92 Å². The number of hydrogen-bond acceptors (Lipinski definition) is 4. The third-order valence-corrected chi connectivity index (χ3v) is 4.94. The van der Waals surface area contributed by atoms with Gasteiger partial charge in [-0.25, -0.2) is 18.1 Å². The molecule has 0 amide bonds. The molecule has 0 bridgehead atoms. The summed E-state index contributed by atoms with van der Waals surface area (Å²) in [6.07, 6.45) is 7.60. The second kappa shape index (κ2) is 5.43. The van der Waals surface area contributed by atoms with Crippen LogP contribution in [0.2, 0.25) is 0 Å². The number of rotatable bonds is 5. The van der Waals surface area contributed by atoms with Crippen LogP contribution in [0.4, 0.5) is 0 Å². The Balaban J connectivity index is 2.83. The average Bonchev–Trinajstić information content (AvgIpc) is 2.64. The summed E-state index contributed by atoms with van der Waals surface area (Å²) in [7, 11) is -3.46. The van der Waals surface area contributed by atoms with E-state index in [9.17, 15) is 8.42 Å². The molecule has 88 valence electrons. The summed E-state index contributed by atoms with van der Waals surface area (Å²) < 4.78 is 26.6. The lowest BCUT2D eigenvalue weighted by Crippen LogP contribution is -2.33. The Morgan fingerprint density at radius 3 is 2.81 bits per heavy atom. The van der Waals surface area contributed by atoms with Crippen molar-refractivity contribution in [3.8, 4) is 12.3 Å². The molecule has 1 aromatic rings. The number of hydrogen-bond donors (Lipinski definition) is 1. The zero-order valence-corrected chi connectivity index (χ0v) is 10.9. The number of aromatic nitrogens is 1. The van der Waals surface area contributed by atoms with Crippen LogP contribution in [0.15, 0.2) is 10.4 Å². The molecule has 0 saturated heterocycles. The molecular formula is C10H14N2O2S2. The fraction of sp³-hybridized carbons (Fsp3) is 0.500. The number of thiazole rings is 1. The third kappa shape index (κ3) is 3.30. The molecule has 0 spiro atoms. The Hall–Kier alpha value is -0.900. The van der Waals surface area contributed by atoms with Gasteiger partial charge in [-0.15, -0.1) is 23.7 Å². The fourth-order valence-electron chi connectivity index (χ4n) is 1.16. The van der Waals surface area contributed by atoms with Gasteiger partial charge in [-0.1, -0.05) is 6.92 Å². The molecule has 1 unspecified atom stereocenters. The van der Waals surface area contributed by atoms with Gasteiger partial charge in [0.25, 0.3) is 10.0 Å². The first-order valence-electron chi connectivity index (χ1n) is 4.87. The molecule has 1 rings (SSSR count). The number of terminal acetylenes is 1. The number of sulfonamides is 1. The Labute approximate surface area is 100 Å². The number of nitrogens with one attached hydrogen (secondary N) is 1. The summed E-state index contributed by atoms with van der Waals surface area (Å²) in [5, 5.41) is 0.727. The van der Waals surface area contributed by atoms with Crippen LogP contribution in [0.1, 0.15) is 24.8 Å². The number of aryl methyl sites for hydroxylation is 1. The minimum Gasteiger partial charge on any atom is -0.249 e. The molecule has 1 heterocycles. The van der Waals surface area contributed by atoms with E-state index in [0.717, 1.165) is 16.3 Å². The lowest BCUT2D eigenvalue weighted by molar-refractivity contribution is 0.545. The Morgan fingerprint density at radius 1 is 1.69 bits per heavy atom. The van der Waals surface area contributed by atoms with Gasteiger partial charge in [0.1, 0.15) is 0 Å². The largest absolute Gasteiger partial charge is 0.251 e. The van der Waals surface area contributed by atoms with Crippen molar-refractivity contribution < 1.29 is 8.42 Å². The Bertz CT molecular complexity index is 485. The van der Waals surface area contributed by atoms with E-state index in [1.165, 1.54) is 6.20 Å². The monoisotopic (exact) mass is 258 g/mol. The standard InChI is InChI=1S/C10H14N2O2S2/c1-4-6-9(5-2)12-16(13,14)10-7-11-8(3)15-10/h1,7,9,12H,5-6H2,2-3H3. The summed E-state index contributed by atoms with van der Waals surface area (Å²) >= 11 is 1.15. The van der Waals surface area contributed by atoms with E-state index < -0.39 is 10.0 Å². The van der Waals surface area contributed by atoms with Crippen molar-refractivity contribution in [2.75, 3.05) is 0 Å².